The van der Waals surface area contributed by atoms with E-state index in [0.717, 1.165) is 0 Å². The van der Waals surface area contributed by atoms with E-state index in [9.17, 15) is 4.39 Å². The highest BCUT2D eigenvalue weighted by atomic mass is 19.1. The maximum atomic E-state index is 13.1. The summed E-state index contributed by atoms with van der Waals surface area (Å²) in [6.45, 7) is 6.41. The van der Waals surface area contributed by atoms with Crippen LogP contribution in [0.2, 0.25) is 0 Å². The van der Waals surface area contributed by atoms with Gasteiger partial charge in [-0.05, 0) is 39.0 Å². The molecule has 0 radical (unpaired) electrons. The van der Waals surface area contributed by atoms with Crippen LogP contribution in [0.25, 0.3) is 0 Å². The fraction of sp³-hybridized carbons (Fsp3) is 0.467. The average molecular weight is 266 g/mol. The van der Waals surface area contributed by atoms with Gasteiger partial charge in [0.1, 0.15) is 24.8 Å². The van der Waals surface area contributed by atoms with Crippen molar-refractivity contribution in [3.05, 3.63) is 29.6 Å². The molecule has 19 heavy (non-hydrogen) atoms. The van der Waals surface area contributed by atoms with Gasteiger partial charge in [0.05, 0.1) is 17.8 Å². The minimum atomic E-state index is -0.388. The Hall–Kier alpha value is -1.57. The molecule has 0 aliphatic heterocycles. The van der Waals surface area contributed by atoms with E-state index in [2.05, 4.69) is 11.8 Å². The van der Waals surface area contributed by atoms with Crippen LogP contribution in [-0.2, 0) is 4.74 Å². The van der Waals surface area contributed by atoms with E-state index in [4.69, 9.17) is 14.6 Å². The Morgan fingerprint density at radius 3 is 2.63 bits per heavy atom. The highest BCUT2D eigenvalue weighted by molar-refractivity contribution is 5.46. The molecule has 3 nitrogen and oxygen atoms in total. The minimum Gasteiger partial charge on any atom is -0.490 e. The fourth-order valence-corrected chi connectivity index (χ4v) is 1.36. The van der Waals surface area contributed by atoms with E-state index in [1.54, 1.807) is 0 Å². The molecule has 1 aromatic carbocycles. The lowest BCUT2D eigenvalue weighted by Crippen LogP contribution is -2.22. The Labute approximate surface area is 113 Å². The second-order valence-electron chi connectivity index (χ2n) is 4.91. The summed E-state index contributed by atoms with van der Waals surface area (Å²) < 4.78 is 24.1. The van der Waals surface area contributed by atoms with Gasteiger partial charge in [0.2, 0.25) is 0 Å². The normalized spacial score (nSPS) is 10.8. The van der Waals surface area contributed by atoms with Gasteiger partial charge in [-0.2, -0.15) is 0 Å². The third-order valence-corrected chi connectivity index (χ3v) is 2.12. The molecule has 0 aliphatic carbocycles. The Kier molecular flexibility index (Phi) is 5.81. The van der Waals surface area contributed by atoms with Crippen molar-refractivity contribution in [3.8, 4) is 17.6 Å². The van der Waals surface area contributed by atoms with Crippen molar-refractivity contribution in [1.82, 2.24) is 0 Å². The first-order valence-electron chi connectivity index (χ1n) is 6.08. The third kappa shape index (κ3) is 6.23. The van der Waals surface area contributed by atoms with Crippen LogP contribution < -0.4 is 4.74 Å². The van der Waals surface area contributed by atoms with Crippen molar-refractivity contribution < 1.29 is 19.0 Å². The molecule has 0 bridgehead atoms. The van der Waals surface area contributed by atoms with Crippen LogP contribution >= 0.6 is 0 Å². The summed E-state index contributed by atoms with van der Waals surface area (Å²) in [6.07, 6.45) is 0. The summed E-state index contributed by atoms with van der Waals surface area (Å²) in [5, 5.41) is 8.66. The summed E-state index contributed by atoms with van der Waals surface area (Å²) in [5.41, 5.74) is 0.205. The largest absolute Gasteiger partial charge is 0.490 e. The zero-order chi connectivity index (χ0) is 14.3. The molecule has 0 atom stereocenters. The molecular formula is C15H19FO3. The van der Waals surface area contributed by atoms with E-state index in [1.807, 2.05) is 20.8 Å². The van der Waals surface area contributed by atoms with Gasteiger partial charge in [0.25, 0.3) is 0 Å². The summed E-state index contributed by atoms with van der Waals surface area (Å²) in [5.74, 6) is 5.23. The molecule has 0 spiro atoms. The molecule has 0 saturated carbocycles. The molecule has 4 heteroatoms. The molecule has 0 unspecified atom stereocenters. The first-order chi connectivity index (χ1) is 8.92. The molecule has 0 fully saturated rings. The SMILES string of the molecule is CC(C)(C)OCCOc1ccc(F)cc1C#CCO. The van der Waals surface area contributed by atoms with E-state index in [1.165, 1.54) is 18.2 Å². The van der Waals surface area contributed by atoms with Crippen molar-refractivity contribution in [2.45, 2.75) is 26.4 Å². The molecule has 0 aromatic heterocycles. The minimum absolute atomic E-state index is 0.217. The number of aliphatic hydroxyl groups is 1. The summed E-state index contributed by atoms with van der Waals surface area (Å²) in [6, 6.07) is 4.11. The topological polar surface area (TPSA) is 38.7 Å². The van der Waals surface area contributed by atoms with Crippen LogP contribution in [-0.4, -0.2) is 30.5 Å². The summed E-state index contributed by atoms with van der Waals surface area (Å²) in [4.78, 5) is 0. The van der Waals surface area contributed by atoms with Crippen molar-refractivity contribution in [2.24, 2.45) is 0 Å². The number of benzene rings is 1. The standard InChI is InChI=1S/C15H19FO3/c1-15(2,3)19-10-9-18-14-7-6-13(16)11-12(14)5-4-8-17/h6-7,11,17H,8-10H2,1-3H3. The predicted molar refractivity (Wildman–Crippen MR) is 71.6 cm³/mol. The highest BCUT2D eigenvalue weighted by Crippen LogP contribution is 2.19. The van der Waals surface area contributed by atoms with E-state index < -0.39 is 0 Å². The quantitative estimate of drug-likeness (QED) is 0.671. The smallest absolute Gasteiger partial charge is 0.135 e. The lowest BCUT2D eigenvalue weighted by Gasteiger charge is -2.19. The van der Waals surface area contributed by atoms with Gasteiger partial charge in [0.15, 0.2) is 0 Å². The van der Waals surface area contributed by atoms with Crippen LogP contribution in [0.4, 0.5) is 4.39 Å². The molecule has 1 N–H and O–H groups in total. The zero-order valence-electron chi connectivity index (χ0n) is 11.5. The van der Waals surface area contributed by atoms with Crippen LogP contribution in [0, 0.1) is 17.7 Å². The van der Waals surface area contributed by atoms with Gasteiger partial charge >= 0.3 is 0 Å². The lowest BCUT2D eigenvalue weighted by atomic mass is 10.2. The molecule has 104 valence electrons. The Morgan fingerprint density at radius 1 is 1.26 bits per heavy atom. The van der Waals surface area contributed by atoms with Gasteiger partial charge in [-0.15, -0.1) is 0 Å². The monoisotopic (exact) mass is 266 g/mol. The predicted octanol–water partition coefficient (Wildman–Crippen LogP) is 2.36. The number of hydrogen-bond donors (Lipinski definition) is 1. The summed E-state index contributed by atoms with van der Waals surface area (Å²) in [7, 11) is 0. The first-order valence-corrected chi connectivity index (χ1v) is 6.08. The van der Waals surface area contributed by atoms with E-state index in [-0.39, 0.29) is 18.0 Å². The maximum Gasteiger partial charge on any atom is 0.135 e. The number of hydrogen-bond acceptors (Lipinski definition) is 3. The summed E-state index contributed by atoms with van der Waals surface area (Å²) >= 11 is 0. The Bertz CT molecular complexity index is 467. The number of ether oxygens (including phenoxy) is 2. The molecule has 0 aliphatic rings. The van der Waals surface area contributed by atoms with Crippen molar-refractivity contribution in [1.29, 1.82) is 0 Å². The maximum absolute atomic E-state index is 13.1. The average Bonchev–Trinajstić information content (AvgIpc) is 2.32. The van der Waals surface area contributed by atoms with Gasteiger partial charge in [-0.3, -0.25) is 0 Å². The zero-order valence-corrected chi connectivity index (χ0v) is 11.5. The van der Waals surface area contributed by atoms with E-state index >= 15 is 0 Å². The molecule has 0 saturated heterocycles. The molecule has 0 heterocycles. The van der Waals surface area contributed by atoms with Gasteiger partial charge in [-0.1, -0.05) is 11.8 Å². The van der Waals surface area contributed by atoms with Crippen LogP contribution in [0.3, 0.4) is 0 Å². The molecule has 0 amide bonds. The van der Waals surface area contributed by atoms with Crippen molar-refractivity contribution in [3.63, 3.8) is 0 Å². The second-order valence-corrected chi connectivity index (χ2v) is 4.91. The van der Waals surface area contributed by atoms with Crippen LogP contribution in [0.1, 0.15) is 26.3 Å². The third-order valence-electron chi connectivity index (χ3n) is 2.12. The Balaban J connectivity index is 2.62. The second kappa shape index (κ2) is 7.13. The van der Waals surface area contributed by atoms with Gasteiger partial charge < -0.3 is 14.6 Å². The van der Waals surface area contributed by atoms with Gasteiger partial charge in [-0.25, -0.2) is 4.39 Å². The fourth-order valence-electron chi connectivity index (χ4n) is 1.36. The molecule has 1 rings (SSSR count). The van der Waals surface area contributed by atoms with Crippen LogP contribution in [0.15, 0.2) is 18.2 Å². The molecule has 1 aromatic rings. The number of rotatable bonds is 4. The molecular weight excluding hydrogens is 247 g/mol. The number of aliphatic hydroxyl groups excluding tert-OH is 1. The van der Waals surface area contributed by atoms with Crippen molar-refractivity contribution >= 4 is 0 Å². The first kappa shape index (κ1) is 15.5. The van der Waals surface area contributed by atoms with Crippen molar-refractivity contribution in [2.75, 3.05) is 19.8 Å². The lowest BCUT2D eigenvalue weighted by molar-refractivity contribution is -0.0163. The number of halogens is 1. The van der Waals surface area contributed by atoms with E-state index in [0.29, 0.717) is 24.5 Å². The Morgan fingerprint density at radius 2 is 2.00 bits per heavy atom. The highest BCUT2D eigenvalue weighted by Gasteiger charge is 2.10. The van der Waals surface area contributed by atoms with Gasteiger partial charge in [0, 0.05) is 0 Å². The van der Waals surface area contributed by atoms with Crippen LogP contribution in [0.5, 0.6) is 5.75 Å².